The zero-order valence-corrected chi connectivity index (χ0v) is 13.6. The molecule has 21 heavy (non-hydrogen) atoms. The maximum atomic E-state index is 11.4. The van der Waals surface area contributed by atoms with Crippen molar-refractivity contribution < 1.29 is 4.79 Å². The second-order valence-corrected chi connectivity index (χ2v) is 5.82. The van der Waals surface area contributed by atoms with Gasteiger partial charge in [-0.1, -0.05) is 30.7 Å². The van der Waals surface area contributed by atoms with Crippen LogP contribution in [0.3, 0.4) is 0 Å². The molecule has 1 fully saturated rings. The van der Waals surface area contributed by atoms with Gasteiger partial charge in [-0.3, -0.25) is 4.79 Å². The van der Waals surface area contributed by atoms with Crippen LogP contribution >= 0.6 is 11.6 Å². The summed E-state index contributed by atoms with van der Waals surface area (Å²) < 4.78 is 0. The topological polar surface area (TPSA) is 35.6 Å². The van der Waals surface area contributed by atoms with Crippen LogP contribution in [0, 0.1) is 0 Å². The lowest BCUT2D eigenvalue weighted by molar-refractivity contribution is -0.129. The molecule has 1 aliphatic rings. The Kier molecular flexibility index (Phi) is 5.88. The molecule has 1 aromatic carbocycles. The van der Waals surface area contributed by atoms with E-state index >= 15 is 0 Å². The number of carbonyl (C=O) groups excluding carboxylic acids is 1. The van der Waals surface area contributed by atoms with Crippen LogP contribution in [0.25, 0.3) is 0 Å². The van der Waals surface area contributed by atoms with Gasteiger partial charge in [0, 0.05) is 39.6 Å². The van der Waals surface area contributed by atoms with Crippen molar-refractivity contribution in [3.63, 3.8) is 0 Å². The van der Waals surface area contributed by atoms with Gasteiger partial charge in [-0.2, -0.15) is 0 Å². The fraction of sp³-hybridized carbons (Fsp3) is 0.562. The van der Waals surface area contributed by atoms with E-state index < -0.39 is 0 Å². The highest BCUT2D eigenvalue weighted by molar-refractivity contribution is 6.33. The first kappa shape index (κ1) is 16.1. The summed E-state index contributed by atoms with van der Waals surface area (Å²) in [5, 5.41) is 4.23. The molecule has 0 saturated carbocycles. The Labute approximate surface area is 132 Å². The van der Waals surface area contributed by atoms with Gasteiger partial charge >= 0.3 is 0 Å². The minimum Gasteiger partial charge on any atom is -0.367 e. The number of rotatable bonds is 5. The quantitative estimate of drug-likeness (QED) is 0.849. The third-order valence-electron chi connectivity index (χ3n) is 3.85. The van der Waals surface area contributed by atoms with Crippen LogP contribution in [0.1, 0.15) is 25.8 Å². The van der Waals surface area contributed by atoms with Crippen LogP contribution in [0.4, 0.5) is 5.69 Å². The second kappa shape index (κ2) is 7.66. The van der Waals surface area contributed by atoms with Gasteiger partial charge in [0.25, 0.3) is 0 Å². The zero-order chi connectivity index (χ0) is 15.2. The first-order chi connectivity index (χ1) is 10.1. The molecule has 0 atom stereocenters. The molecule has 1 aliphatic heterocycles. The van der Waals surface area contributed by atoms with Gasteiger partial charge in [0.1, 0.15) is 0 Å². The van der Waals surface area contributed by atoms with Gasteiger partial charge in [0.15, 0.2) is 0 Å². The van der Waals surface area contributed by atoms with Crippen molar-refractivity contribution in [2.75, 3.05) is 37.6 Å². The highest BCUT2D eigenvalue weighted by atomic mass is 35.5. The number of nitrogens with one attached hydrogen (secondary N) is 1. The Balaban J connectivity index is 2.10. The number of nitrogens with zero attached hydrogens (tertiary/aromatic N) is 2. The first-order valence-electron chi connectivity index (χ1n) is 7.62. The molecule has 0 radical (unpaired) electrons. The van der Waals surface area contributed by atoms with Crippen LogP contribution < -0.4 is 10.2 Å². The van der Waals surface area contributed by atoms with E-state index in [9.17, 15) is 4.79 Å². The van der Waals surface area contributed by atoms with Crippen molar-refractivity contribution >= 4 is 23.2 Å². The number of halogens is 1. The van der Waals surface area contributed by atoms with Gasteiger partial charge in [-0.15, -0.1) is 0 Å². The summed E-state index contributed by atoms with van der Waals surface area (Å²) in [6.07, 6.45) is 1.12. The number of piperazine rings is 1. The van der Waals surface area contributed by atoms with E-state index in [0.29, 0.717) is 0 Å². The van der Waals surface area contributed by atoms with E-state index in [1.54, 1.807) is 6.92 Å². The minimum atomic E-state index is 0.152. The third kappa shape index (κ3) is 4.11. The third-order valence-corrected chi connectivity index (χ3v) is 4.16. The molecule has 0 spiro atoms. The molecule has 4 nitrogen and oxygen atoms in total. The highest BCUT2D eigenvalue weighted by Gasteiger charge is 2.22. The van der Waals surface area contributed by atoms with Crippen molar-refractivity contribution in [3.05, 3.63) is 28.8 Å². The predicted octanol–water partition coefficient (Wildman–Crippen LogP) is 2.51. The SMILES string of the molecule is CCCNCc1cccc(Cl)c1N1CCN(C(C)=O)CC1. The Morgan fingerprint density at radius 3 is 2.62 bits per heavy atom. The number of carbonyl (C=O) groups is 1. The van der Waals surface area contributed by atoms with Gasteiger partial charge in [-0.05, 0) is 24.6 Å². The summed E-state index contributed by atoms with van der Waals surface area (Å²) in [5.41, 5.74) is 2.35. The van der Waals surface area contributed by atoms with Crippen LogP contribution in [0.15, 0.2) is 18.2 Å². The normalized spacial score (nSPS) is 15.4. The van der Waals surface area contributed by atoms with Crippen LogP contribution in [-0.2, 0) is 11.3 Å². The van der Waals surface area contributed by atoms with Crippen LogP contribution in [0.2, 0.25) is 5.02 Å². The van der Waals surface area contributed by atoms with E-state index in [4.69, 9.17) is 11.6 Å². The van der Waals surface area contributed by atoms with Gasteiger partial charge < -0.3 is 15.1 Å². The zero-order valence-electron chi connectivity index (χ0n) is 12.9. The van der Waals surface area contributed by atoms with Crippen LogP contribution in [0.5, 0.6) is 0 Å². The number of amides is 1. The van der Waals surface area contributed by atoms with E-state index in [-0.39, 0.29) is 5.91 Å². The van der Waals surface area contributed by atoms with E-state index in [1.165, 1.54) is 5.56 Å². The van der Waals surface area contributed by atoms with E-state index in [0.717, 1.165) is 56.4 Å². The molecule has 0 bridgehead atoms. The molecule has 1 aromatic rings. The molecule has 1 heterocycles. The molecule has 0 aromatic heterocycles. The van der Waals surface area contributed by atoms with Crippen molar-refractivity contribution in [2.24, 2.45) is 0 Å². The molecule has 1 amide bonds. The molecular weight excluding hydrogens is 286 g/mol. The molecule has 5 heteroatoms. The van der Waals surface area contributed by atoms with Gasteiger partial charge in [-0.25, -0.2) is 0 Å². The Bertz CT molecular complexity index is 484. The van der Waals surface area contributed by atoms with E-state index in [2.05, 4.69) is 23.2 Å². The highest BCUT2D eigenvalue weighted by Crippen LogP contribution is 2.30. The van der Waals surface area contributed by atoms with Gasteiger partial charge in [0.2, 0.25) is 5.91 Å². The van der Waals surface area contributed by atoms with Crippen molar-refractivity contribution in [1.29, 1.82) is 0 Å². The summed E-state index contributed by atoms with van der Waals surface area (Å²) in [7, 11) is 0. The smallest absolute Gasteiger partial charge is 0.219 e. The van der Waals surface area contributed by atoms with Crippen LogP contribution in [-0.4, -0.2) is 43.5 Å². The molecule has 0 unspecified atom stereocenters. The summed E-state index contributed by atoms with van der Waals surface area (Å²) in [6, 6.07) is 6.07. The van der Waals surface area contributed by atoms with E-state index in [1.807, 2.05) is 17.0 Å². The first-order valence-corrected chi connectivity index (χ1v) is 7.99. The molecule has 116 valence electrons. The molecule has 0 aliphatic carbocycles. The molecular formula is C16H24ClN3O. The number of benzene rings is 1. The summed E-state index contributed by atoms with van der Waals surface area (Å²) >= 11 is 6.42. The minimum absolute atomic E-state index is 0.152. The molecule has 2 rings (SSSR count). The van der Waals surface area contributed by atoms with Crippen molar-refractivity contribution in [2.45, 2.75) is 26.8 Å². The average molecular weight is 310 g/mol. The fourth-order valence-electron chi connectivity index (χ4n) is 2.70. The second-order valence-electron chi connectivity index (χ2n) is 5.42. The number of anilines is 1. The lowest BCUT2D eigenvalue weighted by Gasteiger charge is -2.37. The maximum absolute atomic E-state index is 11.4. The average Bonchev–Trinajstić information content (AvgIpc) is 2.48. The summed E-state index contributed by atoms with van der Waals surface area (Å²) in [6.45, 7) is 8.83. The van der Waals surface area contributed by atoms with Crippen molar-refractivity contribution in [3.8, 4) is 0 Å². The Morgan fingerprint density at radius 2 is 2.00 bits per heavy atom. The largest absolute Gasteiger partial charge is 0.367 e. The Hall–Kier alpha value is -1.26. The molecule has 1 N–H and O–H groups in total. The number of hydrogen-bond acceptors (Lipinski definition) is 3. The summed E-state index contributed by atoms with van der Waals surface area (Å²) in [4.78, 5) is 15.6. The standard InChI is InChI=1S/C16H24ClN3O/c1-3-7-18-12-14-5-4-6-15(17)16(14)20-10-8-19(9-11-20)13(2)21/h4-6,18H,3,7-12H2,1-2H3. The van der Waals surface area contributed by atoms with Crippen molar-refractivity contribution in [1.82, 2.24) is 10.2 Å². The lowest BCUT2D eigenvalue weighted by atomic mass is 10.1. The van der Waals surface area contributed by atoms with Gasteiger partial charge in [0.05, 0.1) is 10.7 Å². The fourth-order valence-corrected chi connectivity index (χ4v) is 3.02. The Morgan fingerprint density at radius 1 is 1.29 bits per heavy atom. The monoisotopic (exact) mass is 309 g/mol. The predicted molar refractivity (Wildman–Crippen MR) is 87.9 cm³/mol. The summed E-state index contributed by atoms with van der Waals surface area (Å²) in [5.74, 6) is 0.152. The molecule has 1 saturated heterocycles. The number of para-hydroxylation sites is 1. The maximum Gasteiger partial charge on any atom is 0.219 e. The number of hydrogen-bond donors (Lipinski definition) is 1. The lowest BCUT2D eigenvalue weighted by Crippen LogP contribution is -2.48.